The van der Waals surface area contributed by atoms with E-state index in [0.717, 1.165) is 11.3 Å². The van der Waals surface area contributed by atoms with Crippen molar-refractivity contribution in [2.24, 2.45) is 0 Å². The summed E-state index contributed by atoms with van der Waals surface area (Å²) < 4.78 is 1.87. The van der Waals surface area contributed by atoms with Crippen LogP contribution >= 0.6 is 11.6 Å². The fourth-order valence-electron chi connectivity index (χ4n) is 2.82. The predicted molar refractivity (Wildman–Crippen MR) is 106 cm³/mol. The minimum Gasteiger partial charge on any atom is -0.320 e. The van der Waals surface area contributed by atoms with Gasteiger partial charge in [-0.25, -0.2) is 0 Å². The number of nitrogens with zero attached hydrogens (tertiary/aromatic N) is 1. The number of nitrogens with one attached hydrogen (secondary N) is 1. The zero-order chi connectivity index (χ0) is 19.4. The van der Waals surface area contributed by atoms with Gasteiger partial charge in [-0.3, -0.25) is 9.59 Å². The number of rotatable bonds is 5. The number of hydrogen-bond donors (Lipinski definition) is 1. The van der Waals surface area contributed by atoms with Gasteiger partial charge in [-0.05, 0) is 31.2 Å². The number of carbonyl (C=O) groups excluding carboxylic acids is 2. The zero-order valence-electron chi connectivity index (χ0n) is 15.2. The molecule has 1 amide bonds. The van der Waals surface area contributed by atoms with Crippen LogP contribution in [-0.2, 0) is 11.3 Å². The van der Waals surface area contributed by atoms with Crippen LogP contribution in [0.25, 0.3) is 0 Å². The smallest absolute Gasteiger partial charge is 0.290 e. The SMILES string of the molecule is Cc1ccc[n+](CC(=O)Nc2ccc(Cl)cc2C(=O)c2ccccc2)c1C. The van der Waals surface area contributed by atoms with Crippen LogP contribution in [0.15, 0.2) is 66.9 Å². The summed E-state index contributed by atoms with van der Waals surface area (Å²) in [6, 6.07) is 17.7. The van der Waals surface area contributed by atoms with Crippen molar-refractivity contribution in [2.45, 2.75) is 20.4 Å². The van der Waals surface area contributed by atoms with Gasteiger partial charge < -0.3 is 5.32 Å². The molecule has 0 bridgehead atoms. The number of aryl methyl sites for hydroxylation is 1. The van der Waals surface area contributed by atoms with E-state index >= 15 is 0 Å². The molecule has 0 aliphatic heterocycles. The van der Waals surface area contributed by atoms with Crippen molar-refractivity contribution in [3.63, 3.8) is 0 Å². The summed E-state index contributed by atoms with van der Waals surface area (Å²) in [6.07, 6.45) is 1.86. The Morgan fingerprint density at radius 2 is 1.74 bits per heavy atom. The van der Waals surface area contributed by atoms with E-state index in [1.165, 1.54) is 0 Å². The average Bonchev–Trinajstić information content (AvgIpc) is 2.67. The van der Waals surface area contributed by atoms with E-state index in [4.69, 9.17) is 11.6 Å². The van der Waals surface area contributed by atoms with Crippen LogP contribution in [0.3, 0.4) is 0 Å². The lowest BCUT2D eigenvalue weighted by Gasteiger charge is -2.11. The van der Waals surface area contributed by atoms with Crippen LogP contribution in [0.5, 0.6) is 0 Å². The summed E-state index contributed by atoms with van der Waals surface area (Å²) >= 11 is 6.08. The summed E-state index contributed by atoms with van der Waals surface area (Å²) in [4.78, 5) is 25.4. The Morgan fingerprint density at radius 1 is 1.00 bits per heavy atom. The first kappa shape index (κ1) is 18.8. The largest absolute Gasteiger partial charge is 0.320 e. The number of halogens is 1. The lowest BCUT2D eigenvalue weighted by molar-refractivity contribution is -0.690. The van der Waals surface area contributed by atoms with Gasteiger partial charge in [0.25, 0.3) is 5.91 Å². The normalized spacial score (nSPS) is 10.5. The first-order valence-electron chi connectivity index (χ1n) is 8.60. The number of anilines is 1. The Bertz CT molecular complexity index is 1000. The van der Waals surface area contributed by atoms with Crippen molar-refractivity contribution in [2.75, 3.05) is 5.32 Å². The quantitative estimate of drug-likeness (QED) is 0.535. The molecule has 136 valence electrons. The molecule has 1 heterocycles. The third kappa shape index (κ3) is 4.41. The molecular formula is C22H20ClN2O2+. The molecule has 1 N–H and O–H groups in total. The second-order valence-electron chi connectivity index (χ2n) is 6.34. The summed E-state index contributed by atoms with van der Waals surface area (Å²) in [7, 11) is 0. The van der Waals surface area contributed by atoms with Gasteiger partial charge in [-0.15, -0.1) is 0 Å². The fraction of sp³-hybridized carbons (Fsp3) is 0.136. The Kier molecular flexibility index (Phi) is 5.67. The molecule has 5 heteroatoms. The number of amides is 1. The molecule has 0 aliphatic rings. The van der Waals surface area contributed by atoms with Crippen molar-refractivity contribution in [3.05, 3.63) is 94.3 Å². The maximum atomic E-state index is 12.8. The zero-order valence-corrected chi connectivity index (χ0v) is 16.0. The summed E-state index contributed by atoms with van der Waals surface area (Å²) in [6.45, 7) is 4.13. The van der Waals surface area contributed by atoms with Crippen LogP contribution in [0, 0.1) is 13.8 Å². The Morgan fingerprint density at radius 3 is 2.48 bits per heavy atom. The molecule has 0 fully saturated rings. The number of carbonyl (C=O) groups is 2. The van der Waals surface area contributed by atoms with Gasteiger partial charge in [-0.1, -0.05) is 41.9 Å². The lowest BCUT2D eigenvalue weighted by Crippen LogP contribution is -2.43. The van der Waals surface area contributed by atoms with E-state index in [2.05, 4.69) is 5.32 Å². The third-order valence-electron chi connectivity index (χ3n) is 4.46. The number of hydrogen-bond acceptors (Lipinski definition) is 2. The van der Waals surface area contributed by atoms with Gasteiger partial charge in [-0.2, -0.15) is 4.57 Å². The highest BCUT2D eigenvalue weighted by atomic mass is 35.5. The molecule has 0 saturated carbocycles. The van der Waals surface area contributed by atoms with E-state index in [-0.39, 0.29) is 18.2 Å². The van der Waals surface area contributed by atoms with Gasteiger partial charge in [0, 0.05) is 34.7 Å². The minimum atomic E-state index is -0.210. The Balaban J connectivity index is 1.86. The van der Waals surface area contributed by atoms with Crippen molar-refractivity contribution in [1.29, 1.82) is 0 Å². The van der Waals surface area contributed by atoms with Gasteiger partial charge in [0.05, 0.1) is 5.69 Å². The van der Waals surface area contributed by atoms with Crippen molar-refractivity contribution >= 4 is 29.0 Å². The molecule has 0 spiro atoms. The minimum absolute atomic E-state index is 0.162. The average molecular weight is 380 g/mol. The van der Waals surface area contributed by atoms with Crippen LogP contribution in [0.4, 0.5) is 5.69 Å². The third-order valence-corrected chi connectivity index (χ3v) is 4.70. The second-order valence-corrected chi connectivity index (χ2v) is 6.77. The molecule has 1 aromatic heterocycles. The molecule has 4 nitrogen and oxygen atoms in total. The predicted octanol–water partition coefficient (Wildman–Crippen LogP) is 4.11. The Labute approximate surface area is 163 Å². The molecule has 0 atom stereocenters. The summed E-state index contributed by atoms with van der Waals surface area (Å²) in [5.41, 5.74) is 3.48. The maximum Gasteiger partial charge on any atom is 0.290 e. The number of benzene rings is 2. The highest BCUT2D eigenvalue weighted by Gasteiger charge is 2.18. The standard InChI is InChI=1S/C22H19ClN2O2/c1-15-7-6-12-25(16(15)2)14-21(26)24-20-11-10-18(23)13-19(20)22(27)17-8-4-3-5-9-17/h3-13H,14H2,1-2H3/p+1. The van der Waals surface area contributed by atoms with E-state index in [1.54, 1.807) is 42.5 Å². The number of ketones is 1. The molecule has 0 saturated heterocycles. The molecule has 2 aromatic carbocycles. The monoisotopic (exact) mass is 379 g/mol. The molecule has 0 radical (unpaired) electrons. The highest BCUT2D eigenvalue weighted by molar-refractivity contribution is 6.31. The van der Waals surface area contributed by atoms with Gasteiger partial charge >= 0.3 is 0 Å². The first-order chi connectivity index (χ1) is 13.0. The molecule has 3 rings (SSSR count). The molecule has 0 unspecified atom stereocenters. The summed E-state index contributed by atoms with van der Waals surface area (Å²) in [5.74, 6) is -0.397. The van der Waals surface area contributed by atoms with E-state index in [0.29, 0.717) is 21.8 Å². The summed E-state index contributed by atoms with van der Waals surface area (Å²) in [5, 5.41) is 3.29. The van der Waals surface area contributed by atoms with Crippen LogP contribution in [0.1, 0.15) is 27.2 Å². The van der Waals surface area contributed by atoms with Crippen LogP contribution in [0.2, 0.25) is 5.02 Å². The topological polar surface area (TPSA) is 50.0 Å². The second kappa shape index (κ2) is 8.14. The van der Waals surface area contributed by atoms with E-state index in [9.17, 15) is 9.59 Å². The number of pyridine rings is 1. The fourth-order valence-corrected chi connectivity index (χ4v) is 3.00. The van der Waals surface area contributed by atoms with Gasteiger partial charge in [0.1, 0.15) is 0 Å². The van der Waals surface area contributed by atoms with Gasteiger partial charge in [0.15, 0.2) is 17.7 Å². The van der Waals surface area contributed by atoms with Crippen molar-refractivity contribution < 1.29 is 14.2 Å². The number of aromatic nitrogens is 1. The molecule has 3 aromatic rings. The van der Waals surface area contributed by atoms with Crippen molar-refractivity contribution in [3.8, 4) is 0 Å². The highest BCUT2D eigenvalue weighted by Crippen LogP contribution is 2.23. The molecular weight excluding hydrogens is 360 g/mol. The van der Waals surface area contributed by atoms with Crippen LogP contribution < -0.4 is 9.88 Å². The molecule has 0 aliphatic carbocycles. The lowest BCUT2D eigenvalue weighted by atomic mass is 10.0. The van der Waals surface area contributed by atoms with Crippen LogP contribution in [-0.4, -0.2) is 11.7 Å². The van der Waals surface area contributed by atoms with E-state index in [1.807, 2.05) is 42.8 Å². The molecule has 27 heavy (non-hydrogen) atoms. The first-order valence-corrected chi connectivity index (χ1v) is 8.98. The van der Waals surface area contributed by atoms with Gasteiger partial charge in [0.2, 0.25) is 6.54 Å². The van der Waals surface area contributed by atoms with Crippen molar-refractivity contribution in [1.82, 2.24) is 0 Å². The maximum absolute atomic E-state index is 12.8. The van der Waals surface area contributed by atoms with E-state index < -0.39 is 0 Å². The Hall–Kier alpha value is -2.98.